The van der Waals surface area contributed by atoms with Crippen molar-refractivity contribution in [3.05, 3.63) is 65.5 Å². The van der Waals surface area contributed by atoms with Crippen LogP contribution in [0.4, 0.5) is 0 Å². The van der Waals surface area contributed by atoms with Crippen LogP contribution >= 0.6 is 0 Å². The van der Waals surface area contributed by atoms with Crippen molar-refractivity contribution in [2.75, 3.05) is 13.2 Å². The second-order valence-electron chi connectivity index (χ2n) is 9.19. The monoisotopic (exact) mass is 483 g/mol. The van der Waals surface area contributed by atoms with Gasteiger partial charge < -0.3 is 14.2 Å². The first kappa shape index (κ1) is 27.9. The number of esters is 2. The molecule has 0 spiro atoms. The fraction of sp³-hybridized carbons (Fsp3) is 0.444. The number of ketones is 2. The third-order valence-corrected chi connectivity index (χ3v) is 5.10. The van der Waals surface area contributed by atoms with Crippen molar-refractivity contribution >= 4 is 23.5 Å². The summed E-state index contributed by atoms with van der Waals surface area (Å²) in [4.78, 5) is 57.2. The molecule has 0 aliphatic heterocycles. The lowest BCUT2D eigenvalue weighted by molar-refractivity contribution is -0.168. The Morgan fingerprint density at radius 3 is 2.29 bits per heavy atom. The van der Waals surface area contributed by atoms with Gasteiger partial charge in [-0.3, -0.25) is 24.2 Å². The zero-order valence-electron chi connectivity index (χ0n) is 21.0. The molecule has 2 rings (SSSR count). The number of carbonyl (C=O) groups excluding carboxylic acids is 4. The number of pyridine rings is 1. The first-order valence-corrected chi connectivity index (χ1v) is 11.5. The Hall–Kier alpha value is -3.39. The SMILES string of the molecule is CCOC(=O)CCC(C(=O)COCc1ccccc1)(C(=O)OC(C)(C)C)C(=O)c1cncc(C)c1. The second-order valence-corrected chi connectivity index (χ2v) is 9.19. The van der Waals surface area contributed by atoms with Crippen LogP contribution < -0.4 is 0 Å². The van der Waals surface area contributed by atoms with Crippen LogP contribution in [0.15, 0.2) is 48.8 Å². The van der Waals surface area contributed by atoms with E-state index in [4.69, 9.17) is 14.2 Å². The summed E-state index contributed by atoms with van der Waals surface area (Å²) < 4.78 is 16.1. The van der Waals surface area contributed by atoms with Crippen LogP contribution in [-0.2, 0) is 35.2 Å². The quantitative estimate of drug-likeness (QED) is 0.253. The summed E-state index contributed by atoms with van der Waals surface area (Å²) in [6.07, 6.45) is 2.09. The number of Topliss-reactive ketones (excluding diaryl/α,β-unsaturated/α-hetero) is 2. The van der Waals surface area contributed by atoms with E-state index in [1.807, 2.05) is 30.3 Å². The van der Waals surface area contributed by atoms with E-state index in [2.05, 4.69) is 4.98 Å². The maximum atomic E-state index is 13.8. The number of rotatable bonds is 12. The molecule has 1 aromatic carbocycles. The molecule has 35 heavy (non-hydrogen) atoms. The molecule has 0 saturated carbocycles. The molecule has 0 amide bonds. The lowest BCUT2D eigenvalue weighted by atomic mass is 9.73. The van der Waals surface area contributed by atoms with Crippen LogP contribution in [0.1, 0.15) is 62.0 Å². The van der Waals surface area contributed by atoms with Gasteiger partial charge in [-0.2, -0.15) is 0 Å². The highest BCUT2D eigenvalue weighted by molar-refractivity contribution is 6.27. The number of nitrogens with zero attached hydrogens (tertiary/aromatic N) is 1. The minimum absolute atomic E-state index is 0.0659. The molecular formula is C27H33NO7. The van der Waals surface area contributed by atoms with Crippen molar-refractivity contribution in [3.63, 3.8) is 0 Å². The Balaban J connectivity index is 2.47. The van der Waals surface area contributed by atoms with Gasteiger partial charge in [0.05, 0.1) is 13.2 Å². The fourth-order valence-electron chi connectivity index (χ4n) is 3.46. The zero-order valence-corrected chi connectivity index (χ0v) is 21.0. The largest absolute Gasteiger partial charge is 0.466 e. The van der Waals surface area contributed by atoms with Crippen LogP contribution in [0, 0.1) is 12.3 Å². The van der Waals surface area contributed by atoms with E-state index in [9.17, 15) is 19.2 Å². The molecule has 0 N–H and O–H groups in total. The Morgan fingerprint density at radius 1 is 1.00 bits per heavy atom. The molecule has 0 saturated heterocycles. The Labute approximate surface area is 206 Å². The third kappa shape index (κ3) is 7.82. The summed E-state index contributed by atoms with van der Waals surface area (Å²) in [7, 11) is 0. The smallest absolute Gasteiger partial charge is 0.328 e. The molecular weight excluding hydrogens is 450 g/mol. The topological polar surface area (TPSA) is 109 Å². The molecule has 2 aromatic rings. The standard InChI is InChI=1S/C27H33NO7/c1-6-34-23(30)12-13-27(25(32)35-26(3,4)5,24(31)21-14-19(2)15-28-16-21)22(29)18-33-17-20-10-8-7-9-11-20/h7-11,14-16H,6,12-13,17-18H2,1-5H3. The van der Waals surface area contributed by atoms with Gasteiger partial charge in [0.15, 0.2) is 17.0 Å². The van der Waals surface area contributed by atoms with Gasteiger partial charge in [0, 0.05) is 24.4 Å². The molecule has 0 bridgehead atoms. The third-order valence-electron chi connectivity index (χ3n) is 5.10. The molecule has 1 unspecified atom stereocenters. The minimum atomic E-state index is -2.30. The van der Waals surface area contributed by atoms with Crippen molar-refractivity contribution in [3.8, 4) is 0 Å². The van der Waals surface area contributed by atoms with E-state index < -0.39 is 47.5 Å². The van der Waals surface area contributed by atoms with Gasteiger partial charge in [0.2, 0.25) is 0 Å². The van der Waals surface area contributed by atoms with Crippen molar-refractivity contribution in [1.29, 1.82) is 0 Å². The normalized spacial score (nSPS) is 12.9. The van der Waals surface area contributed by atoms with Gasteiger partial charge >= 0.3 is 11.9 Å². The molecule has 0 aliphatic rings. The van der Waals surface area contributed by atoms with Crippen molar-refractivity contribution in [1.82, 2.24) is 4.98 Å². The summed E-state index contributed by atoms with van der Waals surface area (Å²) in [6.45, 7) is 7.99. The van der Waals surface area contributed by atoms with E-state index in [0.717, 1.165) is 5.56 Å². The number of hydrogen-bond donors (Lipinski definition) is 0. The minimum Gasteiger partial charge on any atom is -0.466 e. The maximum Gasteiger partial charge on any atom is 0.328 e. The second kappa shape index (κ2) is 12.4. The summed E-state index contributed by atoms with van der Waals surface area (Å²) in [5, 5.41) is 0. The molecule has 1 aromatic heterocycles. The number of ether oxygens (including phenoxy) is 3. The fourth-order valence-corrected chi connectivity index (χ4v) is 3.46. The van der Waals surface area contributed by atoms with E-state index in [0.29, 0.717) is 5.56 Å². The summed E-state index contributed by atoms with van der Waals surface area (Å²) >= 11 is 0. The average Bonchev–Trinajstić information content (AvgIpc) is 2.79. The van der Waals surface area contributed by atoms with Gasteiger partial charge in [-0.1, -0.05) is 30.3 Å². The molecule has 8 heteroatoms. The van der Waals surface area contributed by atoms with Gasteiger partial charge in [0.1, 0.15) is 12.2 Å². The zero-order chi connectivity index (χ0) is 26.1. The molecule has 8 nitrogen and oxygen atoms in total. The number of hydrogen-bond acceptors (Lipinski definition) is 8. The van der Waals surface area contributed by atoms with E-state index in [1.165, 1.54) is 12.3 Å². The predicted octanol–water partition coefficient (Wildman–Crippen LogP) is 4.03. The summed E-state index contributed by atoms with van der Waals surface area (Å²) in [6, 6.07) is 10.7. The van der Waals surface area contributed by atoms with Crippen LogP contribution in [0.5, 0.6) is 0 Å². The molecule has 1 heterocycles. The number of aromatic nitrogens is 1. The highest BCUT2D eigenvalue weighted by atomic mass is 16.6. The lowest BCUT2D eigenvalue weighted by Gasteiger charge is -2.32. The maximum absolute atomic E-state index is 13.8. The summed E-state index contributed by atoms with van der Waals surface area (Å²) in [5.41, 5.74) is -1.72. The number of carbonyl (C=O) groups is 4. The molecule has 0 aliphatic carbocycles. The molecule has 1 atom stereocenters. The average molecular weight is 484 g/mol. The van der Waals surface area contributed by atoms with Crippen molar-refractivity contribution in [2.45, 2.75) is 59.7 Å². The molecule has 0 fully saturated rings. The van der Waals surface area contributed by atoms with Crippen LogP contribution in [0.3, 0.4) is 0 Å². The van der Waals surface area contributed by atoms with Gasteiger partial charge in [-0.05, 0) is 58.2 Å². The number of benzene rings is 1. The van der Waals surface area contributed by atoms with Gasteiger partial charge in [-0.15, -0.1) is 0 Å². The van der Waals surface area contributed by atoms with Gasteiger partial charge in [0.25, 0.3) is 0 Å². The Bertz CT molecular complexity index is 1040. The van der Waals surface area contributed by atoms with Crippen LogP contribution in [0.2, 0.25) is 0 Å². The van der Waals surface area contributed by atoms with Crippen LogP contribution in [-0.4, -0.2) is 47.3 Å². The van der Waals surface area contributed by atoms with Crippen LogP contribution in [0.25, 0.3) is 0 Å². The predicted molar refractivity (Wildman–Crippen MR) is 129 cm³/mol. The first-order chi connectivity index (χ1) is 16.5. The lowest BCUT2D eigenvalue weighted by Crippen LogP contribution is -2.51. The number of aryl methyl sites for hydroxylation is 1. The Kier molecular flexibility index (Phi) is 9.83. The highest BCUT2D eigenvalue weighted by Gasteiger charge is 2.54. The summed E-state index contributed by atoms with van der Waals surface area (Å²) in [5.74, 6) is -3.25. The molecule has 0 radical (unpaired) electrons. The van der Waals surface area contributed by atoms with Gasteiger partial charge in [-0.25, -0.2) is 0 Å². The van der Waals surface area contributed by atoms with E-state index in [-0.39, 0.29) is 25.2 Å². The Morgan fingerprint density at radius 2 is 1.69 bits per heavy atom. The van der Waals surface area contributed by atoms with E-state index in [1.54, 1.807) is 40.8 Å². The molecule has 188 valence electrons. The van der Waals surface area contributed by atoms with E-state index >= 15 is 0 Å². The first-order valence-electron chi connectivity index (χ1n) is 11.5. The van der Waals surface area contributed by atoms with Crippen molar-refractivity contribution < 1.29 is 33.4 Å². The van der Waals surface area contributed by atoms with Crippen molar-refractivity contribution in [2.24, 2.45) is 5.41 Å². The highest BCUT2D eigenvalue weighted by Crippen LogP contribution is 2.34.